The maximum atomic E-state index is 11.8. The minimum Gasteiger partial charge on any atom is -0.393 e. The molecular weight excluding hydrogens is 315 g/mol. The van der Waals surface area contributed by atoms with Crippen LogP contribution in [0.2, 0.25) is 10.0 Å². The number of hydrogen-bond donors (Lipinski definition) is 3. The fraction of sp³-hybridized carbons (Fsp3) is 0.429. The van der Waals surface area contributed by atoms with Gasteiger partial charge in [-0.15, -0.1) is 0 Å². The minimum absolute atomic E-state index is 0.0107. The number of halogens is 2. The molecule has 0 aliphatic heterocycles. The van der Waals surface area contributed by atoms with Crippen LogP contribution in [0.25, 0.3) is 0 Å². The predicted molar refractivity (Wildman–Crippen MR) is 81.4 cm³/mol. The van der Waals surface area contributed by atoms with Gasteiger partial charge in [-0.05, 0) is 31.0 Å². The zero-order chi connectivity index (χ0) is 15.4. The van der Waals surface area contributed by atoms with Gasteiger partial charge >= 0.3 is 11.8 Å². The number of nitrogens with one attached hydrogen (secondary N) is 2. The topological polar surface area (TPSA) is 78.4 Å². The Bertz CT molecular complexity index is 551. The fourth-order valence-corrected chi connectivity index (χ4v) is 2.67. The van der Waals surface area contributed by atoms with Crippen molar-refractivity contribution in [2.75, 3.05) is 11.9 Å². The fourth-order valence-electron chi connectivity index (χ4n) is 2.33. The van der Waals surface area contributed by atoms with E-state index in [1.165, 1.54) is 12.1 Å². The van der Waals surface area contributed by atoms with E-state index in [-0.39, 0.29) is 18.2 Å². The third kappa shape index (κ3) is 4.33. The first-order chi connectivity index (χ1) is 9.97. The second kappa shape index (κ2) is 7.11. The Kier molecular flexibility index (Phi) is 5.45. The largest absolute Gasteiger partial charge is 0.393 e. The van der Waals surface area contributed by atoms with E-state index in [2.05, 4.69) is 10.6 Å². The molecule has 2 amide bonds. The molecule has 1 fully saturated rings. The predicted octanol–water partition coefficient (Wildman–Crippen LogP) is 2.21. The lowest BCUT2D eigenvalue weighted by atomic mass is 10.1. The summed E-state index contributed by atoms with van der Waals surface area (Å²) in [4.78, 5) is 23.5. The molecule has 5 nitrogen and oxygen atoms in total. The van der Waals surface area contributed by atoms with Gasteiger partial charge in [0.05, 0.1) is 16.8 Å². The summed E-state index contributed by atoms with van der Waals surface area (Å²) in [7, 11) is 0. The van der Waals surface area contributed by atoms with E-state index in [1.54, 1.807) is 6.07 Å². The van der Waals surface area contributed by atoms with E-state index < -0.39 is 17.9 Å². The summed E-state index contributed by atoms with van der Waals surface area (Å²) < 4.78 is 0. The Morgan fingerprint density at radius 1 is 1.24 bits per heavy atom. The van der Waals surface area contributed by atoms with Crippen LogP contribution in [0.5, 0.6) is 0 Å². The van der Waals surface area contributed by atoms with Crippen molar-refractivity contribution in [3.63, 3.8) is 0 Å². The molecule has 1 aromatic rings. The molecule has 0 aromatic heterocycles. The molecule has 2 rings (SSSR count). The number of aliphatic hydroxyl groups excluding tert-OH is 1. The summed E-state index contributed by atoms with van der Waals surface area (Å²) in [5.74, 6) is -1.56. The van der Waals surface area contributed by atoms with Crippen LogP contribution < -0.4 is 10.6 Å². The van der Waals surface area contributed by atoms with Crippen molar-refractivity contribution >= 4 is 40.7 Å². The molecule has 21 heavy (non-hydrogen) atoms. The van der Waals surface area contributed by atoms with Gasteiger partial charge in [-0.25, -0.2) is 0 Å². The molecule has 0 bridgehead atoms. The molecule has 1 aliphatic carbocycles. The molecule has 2 unspecified atom stereocenters. The van der Waals surface area contributed by atoms with Gasteiger partial charge in [0.25, 0.3) is 0 Å². The molecule has 0 saturated heterocycles. The average Bonchev–Trinajstić information content (AvgIpc) is 2.85. The normalized spacial score (nSPS) is 21.1. The molecule has 3 N–H and O–H groups in total. The molecule has 0 heterocycles. The third-order valence-corrected chi connectivity index (χ3v) is 4.09. The smallest absolute Gasteiger partial charge is 0.313 e. The Labute approximate surface area is 132 Å². The Hall–Kier alpha value is -1.30. The van der Waals surface area contributed by atoms with Crippen molar-refractivity contribution in [3.05, 3.63) is 28.2 Å². The van der Waals surface area contributed by atoms with E-state index in [4.69, 9.17) is 23.2 Å². The Balaban J connectivity index is 1.87. The number of hydrogen-bond acceptors (Lipinski definition) is 3. The number of rotatable bonds is 3. The van der Waals surface area contributed by atoms with Gasteiger partial charge < -0.3 is 15.7 Å². The summed E-state index contributed by atoms with van der Waals surface area (Å²) in [6.07, 6.45) is 2.12. The maximum Gasteiger partial charge on any atom is 0.313 e. The third-order valence-electron chi connectivity index (χ3n) is 3.53. The number of anilines is 1. The average molecular weight is 331 g/mol. The van der Waals surface area contributed by atoms with Crippen LogP contribution >= 0.6 is 23.2 Å². The van der Waals surface area contributed by atoms with Gasteiger partial charge in [-0.1, -0.05) is 29.6 Å². The second-order valence-corrected chi connectivity index (χ2v) is 5.89. The molecular formula is C14H16Cl2N2O3. The lowest BCUT2D eigenvalue weighted by Gasteiger charge is -2.15. The van der Waals surface area contributed by atoms with Gasteiger partial charge in [0.2, 0.25) is 0 Å². The van der Waals surface area contributed by atoms with E-state index in [1.807, 2.05) is 0 Å². The molecule has 1 aromatic carbocycles. The van der Waals surface area contributed by atoms with E-state index in [0.29, 0.717) is 10.0 Å². The van der Waals surface area contributed by atoms with Crippen LogP contribution in [0.3, 0.4) is 0 Å². The SMILES string of the molecule is O=C(NCC1CCCC1O)C(=O)Nc1cc(Cl)ccc1Cl. The first-order valence-electron chi connectivity index (χ1n) is 6.69. The van der Waals surface area contributed by atoms with Gasteiger partial charge in [0.1, 0.15) is 0 Å². The summed E-state index contributed by atoms with van der Waals surface area (Å²) in [5, 5.41) is 15.3. The molecule has 2 atom stereocenters. The van der Waals surface area contributed by atoms with Crippen molar-refractivity contribution in [2.24, 2.45) is 5.92 Å². The van der Waals surface area contributed by atoms with Crippen LogP contribution in [0.15, 0.2) is 18.2 Å². The van der Waals surface area contributed by atoms with E-state index in [0.717, 1.165) is 19.3 Å². The monoisotopic (exact) mass is 330 g/mol. The Morgan fingerprint density at radius 3 is 2.67 bits per heavy atom. The maximum absolute atomic E-state index is 11.8. The van der Waals surface area contributed by atoms with Crippen LogP contribution in [0, 0.1) is 5.92 Å². The summed E-state index contributed by atoms with van der Waals surface area (Å²) in [6, 6.07) is 4.59. The van der Waals surface area contributed by atoms with Crippen molar-refractivity contribution < 1.29 is 14.7 Å². The highest BCUT2D eigenvalue weighted by Crippen LogP contribution is 2.26. The van der Waals surface area contributed by atoms with E-state index in [9.17, 15) is 14.7 Å². The second-order valence-electron chi connectivity index (χ2n) is 5.05. The van der Waals surface area contributed by atoms with Crippen LogP contribution in [-0.4, -0.2) is 29.6 Å². The number of aliphatic hydroxyl groups is 1. The summed E-state index contributed by atoms with van der Waals surface area (Å²) >= 11 is 11.7. The summed E-state index contributed by atoms with van der Waals surface area (Å²) in [5.41, 5.74) is 0.283. The highest BCUT2D eigenvalue weighted by Gasteiger charge is 2.26. The molecule has 0 spiro atoms. The molecule has 114 valence electrons. The minimum atomic E-state index is -0.813. The van der Waals surface area contributed by atoms with Gasteiger partial charge in [-0.2, -0.15) is 0 Å². The van der Waals surface area contributed by atoms with Crippen LogP contribution in [0.1, 0.15) is 19.3 Å². The number of carbonyl (C=O) groups is 2. The molecule has 0 radical (unpaired) electrons. The number of benzene rings is 1. The van der Waals surface area contributed by atoms with E-state index >= 15 is 0 Å². The molecule has 1 aliphatic rings. The Morgan fingerprint density at radius 2 is 2.00 bits per heavy atom. The zero-order valence-electron chi connectivity index (χ0n) is 11.2. The number of carbonyl (C=O) groups excluding carboxylic acids is 2. The number of amides is 2. The highest BCUT2D eigenvalue weighted by molar-refractivity contribution is 6.42. The van der Waals surface area contributed by atoms with Gasteiger partial charge in [0.15, 0.2) is 0 Å². The quantitative estimate of drug-likeness (QED) is 0.743. The van der Waals surface area contributed by atoms with Crippen molar-refractivity contribution in [2.45, 2.75) is 25.4 Å². The first-order valence-corrected chi connectivity index (χ1v) is 7.45. The zero-order valence-corrected chi connectivity index (χ0v) is 12.7. The lowest BCUT2D eigenvalue weighted by Crippen LogP contribution is -2.39. The van der Waals surface area contributed by atoms with Gasteiger partial charge in [0, 0.05) is 17.5 Å². The standard InChI is InChI=1S/C14H16Cl2N2O3/c15-9-4-5-10(16)11(6-9)18-14(21)13(20)17-7-8-2-1-3-12(8)19/h4-6,8,12,19H,1-3,7H2,(H,17,20)(H,18,21). The first kappa shape index (κ1) is 16.1. The molecule has 1 saturated carbocycles. The molecule has 7 heteroatoms. The highest BCUT2D eigenvalue weighted by atomic mass is 35.5. The van der Waals surface area contributed by atoms with Gasteiger partial charge in [-0.3, -0.25) is 9.59 Å². The van der Waals surface area contributed by atoms with Crippen LogP contribution in [0.4, 0.5) is 5.69 Å². The van der Waals surface area contributed by atoms with Crippen molar-refractivity contribution in [3.8, 4) is 0 Å². The van der Waals surface area contributed by atoms with Crippen molar-refractivity contribution in [1.29, 1.82) is 0 Å². The van der Waals surface area contributed by atoms with Crippen LogP contribution in [-0.2, 0) is 9.59 Å². The summed E-state index contributed by atoms with van der Waals surface area (Å²) in [6.45, 7) is 0.288. The lowest BCUT2D eigenvalue weighted by molar-refractivity contribution is -0.136. The van der Waals surface area contributed by atoms with Crippen molar-refractivity contribution in [1.82, 2.24) is 5.32 Å².